The van der Waals surface area contributed by atoms with E-state index < -0.39 is 10.0 Å². The number of piperidine rings is 1. The van der Waals surface area contributed by atoms with Crippen LogP contribution in [0.1, 0.15) is 43.2 Å². The molecule has 0 aromatic heterocycles. The fourth-order valence-electron chi connectivity index (χ4n) is 6.46. The summed E-state index contributed by atoms with van der Waals surface area (Å²) in [7, 11) is -1.56. The van der Waals surface area contributed by atoms with Crippen LogP contribution in [0.25, 0.3) is 0 Å². The zero-order chi connectivity index (χ0) is 26.0. The quantitative estimate of drug-likeness (QED) is 0.487. The molecule has 0 aliphatic carbocycles. The first-order chi connectivity index (χ1) is 17.8. The number of carbonyl (C=O) groups is 1. The number of benzene rings is 2. The van der Waals surface area contributed by atoms with E-state index in [-0.39, 0.29) is 35.4 Å². The van der Waals surface area contributed by atoms with E-state index in [4.69, 9.17) is 4.74 Å². The van der Waals surface area contributed by atoms with Crippen LogP contribution in [0.4, 0.5) is 0 Å². The van der Waals surface area contributed by atoms with Gasteiger partial charge in [0.05, 0.1) is 18.3 Å². The number of methoxy groups -OCH3 is 1. The van der Waals surface area contributed by atoms with Crippen LogP contribution in [0, 0.1) is 11.3 Å². The van der Waals surface area contributed by atoms with Crippen LogP contribution in [0.5, 0.6) is 5.75 Å². The number of halogens is 1. The molecule has 1 amide bonds. The van der Waals surface area contributed by atoms with E-state index in [1.165, 1.54) is 5.56 Å². The first-order valence-corrected chi connectivity index (χ1v) is 15.1. The number of likely N-dealkylation sites (tertiary alicyclic amines) is 2. The van der Waals surface area contributed by atoms with E-state index in [1.54, 1.807) is 18.3 Å². The number of hydrogen-bond acceptors (Lipinski definition) is 5. The Hall–Kier alpha value is -2.13. The summed E-state index contributed by atoms with van der Waals surface area (Å²) < 4.78 is 32.3. The SMILES string of the molecule is CCS(=O)(=O)N1C[C@H](CN2CCC3(CC2)CCN(Cc2ccc(OC)cc2)C3=O)[C@@H](c2ccccc2)C1.Cl. The molecule has 3 aliphatic heterocycles. The predicted octanol–water partition coefficient (Wildman–Crippen LogP) is 4.00. The minimum absolute atomic E-state index is 0. The van der Waals surface area contributed by atoms with Crippen molar-refractivity contribution in [2.75, 3.05) is 52.1 Å². The fourth-order valence-corrected chi connectivity index (χ4v) is 7.63. The molecule has 0 N–H and O–H groups in total. The molecule has 7 nitrogen and oxygen atoms in total. The zero-order valence-corrected chi connectivity index (χ0v) is 24.1. The summed E-state index contributed by atoms with van der Waals surface area (Å²) in [5.74, 6) is 1.72. The number of hydrogen-bond donors (Lipinski definition) is 0. The van der Waals surface area contributed by atoms with Crippen molar-refractivity contribution < 1.29 is 17.9 Å². The minimum atomic E-state index is -3.22. The monoisotopic (exact) mass is 561 g/mol. The first-order valence-electron chi connectivity index (χ1n) is 13.5. The number of carbonyl (C=O) groups excluding carboxylic acids is 1. The van der Waals surface area contributed by atoms with Gasteiger partial charge in [-0.15, -0.1) is 12.4 Å². The molecule has 3 saturated heterocycles. The van der Waals surface area contributed by atoms with Crippen LogP contribution in [0.3, 0.4) is 0 Å². The maximum Gasteiger partial charge on any atom is 0.229 e. The Balaban J connectivity index is 0.00000336. The number of ether oxygens (including phenoxy) is 1. The van der Waals surface area contributed by atoms with Crippen LogP contribution in [-0.4, -0.2) is 80.6 Å². The van der Waals surface area contributed by atoms with E-state index in [0.717, 1.165) is 56.8 Å². The van der Waals surface area contributed by atoms with Gasteiger partial charge in [-0.25, -0.2) is 12.7 Å². The topological polar surface area (TPSA) is 70.2 Å². The molecule has 5 rings (SSSR count). The van der Waals surface area contributed by atoms with Crippen molar-refractivity contribution >= 4 is 28.3 Å². The molecule has 0 unspecified atom stereocenters. The molecule has 2 atom stereocenters. The molecule has 9 heteroatoms. The normalized spacial score (nSPS) is 24.1. The molecule has 0 bridgehead atoms. The van der Waals surface area contributed by atoms with E-state index in [9.17, 15) is 13.2 Å². The van der Waals surface area contributed by atoms with Crippen molar-refractivity contribution in [3.8, 4) is 5.75 Å². The molecule has 3 fully saturated rings. The van der Waals surface area contributed by atoms with E-state index in [2.05, 4.69) is 17.0 Å². The van der Waals surface area contributed by atoms with Crippen LogP contribution >= 0.6 is 12.4 Å². The number of sulfonamides is 1. The fraction of sp³-hybridized carbons (Fsp3) is 0.552. The van der Waals surface area contributed by atoms with Crippen molar-refractivity contribution in [1.29, 1.82) is 0 Å². The second-order valence-corrected chi connectivity index (χ2v) is 13.2. The first kappa shape index (κ1) is 28.9. The van der Waals surface area contributed by atoms with Gasteiger partial charge in [0.15, 0.2) is 0 Å². The number of rotatable bonds is 8. The lowest BCUT2D eigenvalue weighted by Gasteiger charge is -2.39. The zero-order valence-electron chi connectivity index (χ0n) is 22.4. The largest absolute Gasteiger partial charge is 0.497 e. The summed E-state index contributed by atoms with van der Waals surface area (Å²) in [5, 5.41) is 0. The summed E-state index contributed by atoms with van der Waals surface area (Å²) >= 11 is 0. The molecule has 3 heterocycles. The van der Waals surface area contributed by atoms with Gasteiger partial charge in [-0.05, 0) is 68.5 Å². The molecule has 0 saturated carbocycles. The standard InChI is InChI=1S/C29H39N3O4S.ClH/c1-3-37(34,35)32-21-25(27(22-32)24-7-5-4-6-8-24)20-30-16-13-29(14-17-30)15-18-31(28(29)33)19-23-9-11-26(36-2)12-10-23;/h4-12,25,27H,3,13-22H2,1-2H3;1H/t25-,27+;/m0./s1. The summed E-state index contributed by atoms with van der Waals surface area (Å²) in [6.07, 6.45) is 2.68. The Morgan fingerprint density at radius 2 is 1.61 bits per heavy atom. The van der Waals surface area contributed by atoms with Gasteiger partial charge in [0.1, 0.15) is 5.75 Å². The van der Waals surface area contributed by atoms with Crippen molar-refractivity contribution in [3.05, 3.63) is 65.7 Å². The van der Waals surface area contributed by atoms with Gasteiger partial charge in [-0.3, -0.25) is 4.79 Å². The second kappa shape index (κ2) is 11.9. The molecule has 2 aromatic rings. The van der Waals surface area contributed by atoms with E-state index >= 15 is 0 Å². The maximum atomic E-state index is 13.5. The highest BCUT2D eigenvalue weighted by Crippen LogP contribution is 2.43. The van der Waals surface area contributed by atoms with Crippen LogP contribution < -0.4 is 4.74 Å². The van der Waals surface area contributed by atoms with Crippen molar-refractivity contribution in [2.45, 2.75) is 38.6 Å². The highest BCUT2D eigenvalue weighted by molar-refractivity contribution is 7.89. The molecule has 1 spiro atoms. The van der Waals surface area contributed by atoms with E-state index in [1.807, 2.05) is 47.4 Å². The van der Waals surface area contributed by atoms with Crippen LogP contribution in [0.15, 0.2) is 54.6 Å². The summed E-state index contributed by atoms with van der Waals surface area (Å²) in [5.41, 5.74) is 2.10. The third kappa shape index (κ3) is 5.88. The Labute approximate surface area is 233 Å². The average molecular weight is 562 g/mol. The van der Waals surface area contributed by atoms with Crippen LogP contribution in [0.2, 0.25) is 0 Å². The molecular formula is C29H40ClN3O4S. The highest BCUT2D eigenvalue weighted by atomic mass is 35.5. The third-order valence-electron chi connectivity index (χ3n) is 8.83. The summed E-state index contributed by atoms with van der Waals surface area (Å²) in [6.45, 7) is 6.97. The molecule has 0 radical (unpaired) electrons. The molecule has 208 valence electrons. The number of amides is 1. The third-order valence-corrected chi connectivity index (χ3v) is 10.6. The lowest BCUT2D eigenvalue weighted by atomic mass is 9.76. The summed E-state index contributed by atoms with van der Waals surface area (Å²) in [6, 6.07) is 18.3. The Morgan fingerprint density at radius 3 is 2.24 bits per heavy atom. The van der Waals surface area contributed by atoms with Gasteiger partial charge in [-0.1, -0.05) is 42.5 Å². The van der Waals surface area contributed by atoms with Crippen molar-refractivity contribution in [2.24, 2.45) is 11.3 Å². The Kier molecular flexibility index (Phi) is 9.07. The van der Waals surface area contributed by atoms with Gasteiger partial charge in [0, 0.05) is 38.6 Å². The van der Waals surface area contributed by atoms with E-state index in [0.29, 0.717) is 25.5 Å². The van der Waals surface area contributed by atoms with Gasteiger partial charge >= 0.3 is 0 Å². The van der Waals surface area contributed by atoms with Gasteiger partial charge in [0.25, 0.3) is 0 Å². The molecular weight excluding hydrogens is 522 g/mol. The molecule has 2 aromatic carbocycles. The maximum absolute atomic E-state index is 13.5. The lowest BCUT2D eigenvalue weighted by molar-refractivity contribution is -0.139. The lowest BCUT2D eigenvalue weighted by Crippen LogP contribution is -2.46. The summed E-state index contributed by atoms with van der Waals surface area (Å²) in [4.78, 5) is 18.0. The Morgan fingerprint density at radius 1 is 0.947 bits per heavy atom. The smallest absolute Gasteiger partial charge is 0.229 e. The number of nitrogens with zero attached hydrogens (tertiary/aromatic N) is 3. The Bertz CT molecular complexity index is 1180. The van der Waals surface area contributed by atoms with Crippen LogP contribution in [-0.2, 0) is 21.4 Å². The van der Waals surface area contributed by atoms with Gasteiger partial charge in [-0.2, -0.15) is 0 Å². The molecule has 3 aliphatic rings. The van der Waals surface area contributed by atoms with Gasteiger partial charge in [0.2, 0.25) is 15.9 Å². The minimum Gasteiger partial charge on any atom is -0.497 e. The average Bonchev–Trinajstić information content (AvgIpc) is 3.49. The van der Waals surface area contributed by atoms with Crippen molar-refractivity contribution in [3.63, 3.8) is 0 Å². The van der Waals surface area contributed by atoms with Gasteiger partial charge < -0.3 is 14.5 Å². The second-order valence-electron chi connectivity index (χ2n) is 10.9. The molecule has 38 heavy (non-hydrogen) atoms. The highest BCUT2D eigenvalue weighted by Gasteiger charge is 2.48. The van der Waals surface area contributed by atoms with Crippen molar-refractivity contribution in [1.82, 2.24) is 14.1 Å². The predicted molar refractivity (Wildman–Crippen MR) is 152 cm³/mol.